The van der Waals surface area contributed by atoms with Crippen LogP contribution in [0.2, 0.25) is 0 Å². The van der Waals surface area contributed by atoms with Crippen LogP contribution in [0.4, 0.5) is 4.79 Å². The largest absolute Gasteiger partial charge is 0.352 e. The van der Waals surface area contributed by atoms with Gasteiger partial charge in [0, 0.05) is 31.2 Å². The summed E-state index contributed by atoms with van der Waals surface area (Å²) in [5.41, 5.74) is 12.4. The number of piperidine rings is 1. The van der Waals surface area contributed by atoms with E-state index in [0.717, 1.165) is 24.9 Å². The molecule has 1 fully saturated rings. The van der Waals surface area contributed by atoms with E-state index in [2.05, 4.69) is 12.2 Å². The molecular formula is C16H24N4O2. The fraction of sp³-hybridized carbons (Fsp3) is 0.500. The zero-order valence-electron chi connectivity index (χ0n) is 12.9. The van der Waals surface area contributed by atoms with Gasteiger partial charge in [-0.05, 0) is 36.5 Å². The Morgan fingerprint density at radius 3 is 2.59 bits per heavy atom. The third kappa shape index (κ3) is 3.98. The number of benzene rings is 1. The van der Waals surface area contributed by atoms with Crippen molar-refractivity contribution in [2.24, 2.45) is 17.4 Å². The molecule has 22 heavy (non-hydrogen) atoms. The van der Waals surface area contributed by atoms with Crippen molar-refractivity contribution in [2.45, 2.75) is 32.4 Å². The highest BCUT2D eigenvalue weighted by molar-refractivity contribution is 5.94. The molecule has 1 aromatic carbocycles. The molecule has 1 aromatic rings. The summed E-state index contributed by atoms with van der Waals surface area (Å²) in [6, 6.07) is 6.78. The first-order chi connectivity index (χ1) is 10.5. The Hall–Kier alpha value is -2.08. The van der Waals surface area contributed by atoms with Gasteiger partial charge in [-0.3, -0.25) is 4.79 Å². The van der Waals surface area contributed by atoms with Crippen LogP contribution in [0.1, 0.15) is 35.7 Å². The number of hydrogen-bond acceptors (Lipinski definition) is 3. The number of likely N-dealkylation sites (tertiary alicyclic amines) is 1. The van der Waals surface area contributed by atoms with Gasteiger partial charge in [-0.25, -0.2) is 4.79 Å². The Balaban J connectivity index is 2.04. The smallest absolute Gasteiger partial charge is 0.312 e. The zero-order chi connectivity index (χ0) is 16.1. The minimum absolute atomic E-state index is 0.0248. The van der Waals surface area contributed by atoms with Gasteiger partial charge in [0.25, 0.3) is 5.91 Å². The van der Waals surface area contributed by atoms with Crippen LogP contribution in [-0.2, 0) is 6.54 Å². The lowest BCUT2D eigenvalue weighted by Gasteiger charge is -2.38. The number of urea groups is 1. The first kappa shape index (κ1) is 16.3. The zero-order valence-corrected chi connectivity index (χ0v) is 12.9. The SMILES string of the molecule is CC1CCN(C(=O)c2ccc(CNC(N)=O)cc2)C(CN)C1. The second kappa shape index (κ2) is 7.26. The summed E-state index contributed by atoms with van der Waals surface area (Å²) in [5.74, 6) is 0.636. The van der Waals surface area contributed by atoms with Gasteiger partial charge in [-0.2, -0.15) is 0 Å². The third-order valence-corrected chi connectivity index (χ3v) is 4.18. The minimum atomic E-state index is -0.562. The summed E-state index contributed by atoms with van der Waals surface area (Å²) in [7, 11) is 0. The van der Waals surface area contributed by atoms with Crippen molar-refractivity contribution < 1.29 is 9.59 Å². The first-order valence-corrected chi connectivity index (χ1v) is 7.64. The summed E-state index contributed by atoms with van der Waals surface area (Å²) in [4.78, 5) is 25.2. The highest BCUT2D eigenvalue weighted by Gasteiger charge is 2.29. The fourth-order valence-electron chi connectivity index (χ4n) is 2.86. The Bertz CT molecular complexity index is 529. The summed E-state index contributed by atoms with van der Waals surface area (Å²) in [5, 5.41) is 2.52. The maximum Gasteiger partial charge on any atom is 0.312 e. The number of rotatable bonds is 4. The van der Waals surface area contributed by atoms with Crippen molar-refractivity contribution in [3.8, 4) is 0 Å². The van der Waals surface area contributed by atoms with Gasteiger partial charge in [0.05, 0.1) is 0 Å². The molecule has 6 nitrogen and oxygen atoms in total. The normalized spacial score (nSPS) is 21.5. The molecular weight excluding hydrogens is 280 g/mol. The molecule has 3 amide bonds. The van der Waals surface area contributed by atoms with Crippen LogP contribution < -0.4 is 16.8 Å². The second-order valence-electron chi connectivity index (χ2n) is 5.93. The molecule has 1 heterocycles. The van der Waals surface area contributed by atoms with Gasteiger partial charge in [0.2, 0.25) is 0 Å². The molecule has 1 aliphatic heterocycles. The van der Waals surface area contributed by atoms with E-state index in [0.29, 0.717) is 24.6 Å². The Morgan fingerprint density at radius 1 is 1.32 bits per heavy atom. The quantitative estimate of drug-likeness (QED) is 0.775. The highest BCUT2D eigenvalue weighted by atomic mass is 16.2. The van der Waals surface area contributed by atoms with Gasteiger partial charge in [0.1, 0.15) is 0 Å². The number of hydrogen-bond donors (Lipinski definition) is 3. The maximum atomic E-state index is 12.6. The monoisotopic (exact) mass is 304 g/mol. The lowest BCUT2D eigenvalue weighted by atomic mass is 9.92. The average molecular weight is 304 g/mol. The molecule has 2 unspecified atom stereocenters. The number of nitrogens with zero attached hydrogens (tertiary/aromatic N) is 1. The molecule has 0 spiro atoms. The van der Waals surface area contributed by atoms with E-state index in [1.54, 1.807) is 12.1 Å². The summed E-state index contributed by atoms with van der Waals surface area (Å²) in [6.45, 7) is 3.81. The van der Waals surface area contributed by atoms with Crippen LogP contribution in [0.25, 0.3) is 0 Å². The maximum absolute atomic E-state index is 12.6. The van der Waals surface area contributed by atoms with E-state index in [4.69, 9.17) is 11.5 Å². The van der Waals surface area contributed by atoms with Crippen molar-refractivity contribution in [1.82, 2.24) is 10.2 Å². The first-order valence-electron chi connectivity index (χ1n) is 7.64. The van der Waals surface area contributed by atoms with E-state index in [-0.39, 0.29) is 11.9 Å². The minimum Gasteiger partial charge on any atom is -0.352 e. The molecule has 0 saturated carbocycles. The number of carbonyl (C=O) groups excluding carboxylic acids is 2. The highest BCUT2D eigenvalue weighted by Crippen LogP contribution is 2.23. The third-order valence-electron chi connectivity index (χ3n) is 4.18. The van der Waals surface area contributed by atoms with Gasteiger partial charge < -0.3 is 21.7 Å². The molecule has 1 aliphatic rings. The molecule has 2 atom stereocenters. The van der Waals surface area contributed by atoms with Crippen LogP contribution >= 0.6 is 0 Å². The number of primary amides is 1. The lowest BCUT2D eigenvalue weighted by molar-refractivity contribution is 0.0573. The molecule has 2 rings (SSSR count). The predicted octanol–water partition coefficient (Wildman–Crippen LogP) is 1.05. The van der Waals surface area contributed by atoms with E-state index < -0.39 is 6.03 Å². The Labute approximate surface area is 130 Å². The fourth-order valence-corrected chi connectivity index (χ4v) is 2.86. The van der Waals surface area contributed by atoms with Crippen molar-refractivity contribution in [2.75, 3.05) is 13.1 Å². The Morgan fingerprint density at radius 2 is 2.00 bits per heavy atom. The van der Waals surface area contributed by atoms with Crippen LogP contribution in [0.15, 0.2) is 24.3 Å². The van der Waals surface area contributed by atoms with Crippen LogP contribution in [0.5, 0.6) is 0 Å². The molecule has 5 N–H and O–H groups in total. The standard InChI is InChI=1S/C16H24N4O2/c1-11-6-7-20(14(8-11)9-17)15(21)13-4-2-12(3-5-13)10-19-16(18)22/h2-5,11,14H,6-10,17H2,1H3,(H3,18,19,22). The molecule has 0 radical (unpaired) electrons. The second-order valence-corrected chi connectivity index (χ2v) is 5.93. The summed E-state index contributed by atoms with van der Waals surface area (Å²) in [6.07, 6.45) is 1.98. The van der Waals surface area contributed by atoms with Crippen LogP contribution in [0, 0.1) is 5.92 Å². The van der Waals surface area contributed by atoms with Crippen molar-refractivity contribution >= 4 is 11.9 Å². The van der Waals surface area contributed by atoms with E-state index in [9.17, 15) is 9.59 Å². The number of carbonyl (C=O) groups is 2. The summed E-state index contributed by atoms with van der Waals surface area (Å²) >= 11 is 0. The molecule has 0 aliphatic carbocycles. The molecule has 0 aromatic heterocycles. The average Bonchev–Trinajstić information content (AvgIpc) is 2.52. The number of nitrogens with one attached hydrogen (secondary N) is 1. The van der Waals surface area contributed by atoms with Crippen molar-refractivity contribution in [3.05, 3.63) is 35.4 Å². The topological polar surface area (TPSA) is 101 Å². The van der Waals surface area contributed by atoms with E-state index in [1.807, 2.05) is 17.0 Å². The van der Waals surface area contributed by atoms with E-state index in [1.165, 1.54) is 0 Å². The lowest BCUT2D eigenvalue weighted by Crippen LogP contribution is -2.49. The molecule has 0 bridgehead atoms. The Kier molecular flexibility index (Phi) is 5.38. The van der Waals surface area contributed by atoms with E-state index >= 15 is 0 Å². The van der Waals surface area contributed by atoms with Crippen LogP contribution in [0.3, 0.4) is 0 Å². The summed E-state index contributed by atoms with van der Waals surface area (Å²) < 4.78 is 0. The van der Waals surface area contributed by atoms with Crippen molar-refractivity contribution in [1.29, 1.82) is 0 Å². The van der Waals surface area contributed by atoms with Crippen molar-refractivity contribution in [3.63, 3.8) is 0 Å². The van der Waals surface area contributed by atoms with Gasteiger partial charge in [-0.1, -0.05) is 19.1 Å². The molecule has 120 valence electrons. The molecule has 1 saturated heterocycles. The predicted molar refractivity (Wildman–Crippen MR) is 85.1 cm³/mol. The number of nitrogens with two attached hydrogens (primary N) is 2. The number of amides is 3. The van der Waals surface area contributed by atoms with Gasteiger partial charge in [0.15, 0.2) is 0 Å². The van der Waals surface area contributed by atoms with Crippen LogP contribution in [-0.4, -0.2) is 36.0 Å². The van der Waals surface area contributed by atoms with Gasteiger partial charge in [-0.15, -0.1) is 0 Å². The van der Waals surface area contributed by atoms with Gasteiger partial charge >= 0.3 is 6.03 Å². The molecule has 6 heteroatoms.